The third-order valence-electron chi connectivity index (χ3n) is 3.28. The Morgan fingerprint density at radius 2 is 2.00 bits per heavy atom. The predicted octanol–water partition coefficient (Wildman–Crippen LogP) is 3.49. The van der Waals surface area contributed by atoms with Crippen molar-refractivity contribution in [2.24, 2.45) is 0 Å². The van der Waals surface area contributed by atoms with Crippen molar-refractivity contribution >= 4 is 46.3 Å². The van der Waals surface area contributed by atoms with E-state index in [-0.39, 0.29) is 17.6 Å². The normalized spacial score (nSPS) is 16.1. The van der Waals surface area contributed by atoms with Gasteiger partial charge in [-0.1, -0.05) is 24.4 Å². The van der Waals surface area contributed by atoms with Gasteiger partial charge < -0.3 is 9.47 Å². The van der Waals surface area contributed by atoms with Gasteiger partial charge in [-0.2, -0.15) is 0 Å². The zero-order valence-electron chi connectivity index (χ0n) is 12.9. The Morgan fingerprint density at radius 1 is 1.30 bits per heavy atom. The van der Waals surface area contributed by atoms with Crippen LogP contribution in [0.15, 0.2) is 29.2 Å². The molecule has 1 aromatic rings. The standard InChI is InChI=1S/C16H17NO4S2/c1-20-12-7-5-11(6-8-12)10-13-15(22)17(16(19)23-13)9-3-4-14(18)21-2/h5-8,10H,3-4,9H2,1-2H3/b13-10-. The Bertz CT molecular complexity index is 640. The summed E-state index contributed by atoms with van der Waals surface area (Å²) in [6.45, 7) is 0.416. The highest BCUT2D eigenvalue weighted by Crippen LogP contribution is 2.33. The summed E-state index contributed by atoms with van der Waals surface area (Å²) in [4.78, 5) is 25.9. The number of nitrogens with zero attached hydrogens (tertiary/aromatic N) is 1. The number of rotatable bonds is 6. The molecule has 0 unspecified atom stereocenters. The van der Waals surface area contributed by atoms with Crippen molar-refractivity contribution in [3.63, 3.8) is 0 Å². The Kier molecular flexibility index (Phi) is 6.18. The average Bonchev–Trinajstić information content (AvgIpc) is 2.82. The van der Waals surface area contributed by atoms with Gasteiger partial charge in [-0.3, -0.25) is 14.5 Å². The number of hydrogen-bond acceptors (Lipinski definition) is 6. The molecule has 2 rings (SSSR count). The summed E-state index contributed by atoms with van der Waals surface area (Å²) in [6.07, 6.45) is 2.67. The number of esters is 1. The van der Waals surface area contributed by atoms with Gasteiger partial charge in [0, 0.05) is 13.0 Å². The maximum Gasteiger partial charge on any atom is 0.305 e. The van der Waals surface area contributed by atoms with Crippen LogP contribution >= 0.6 is 24.0 Å². The van der Waals surface area contributed by atoms with Crippen LogP contribution < -0.4 is 4.74 Å². The molecule has 1 aromatic carbocycles. The van der Waals surface area contributed by atoms with Crippen LogP contribution in [-0.2, 0) is 9.53 Å². The first-order valence-electron chi connectivity index (χ1n) is 7.01. The quantitative estimate of drug-likeness (QED) is 0.444. The van der Waals surface area contributed by atoms with Crippen molar-refractivity contribution in [1.82, 2.24) is 4.90 Å². The van der Waals surface area contributed by atoms with E-state index in [1.165, 1.54) is 12.0 Å². The molecule has 122 valence electrons. The molecule has 1 fully saturated rings. The molecule has 0 aromatic heterocycles. The third kappa shape index (κ3) is 4.56. The monoisotopic (exact) mass is 351 g/mol. The van der Waals surface area contributed by atoms with Gasteiger partial charge in [0.05, 0.1) is 19.1 Å². The van der Waals surface area contributed by atoms with Crippen LogP contribution in [0.4, 0.5) is 4.79 Å². The van der Waals surface area contributed by atoms with Crippen molar-refractivity contribution in [3.05, 3.63) is 34.7 Å². The SMILES string of the molecule is COC(=O)CCCN1C(=O)S/C(=C\c2ccc(OC)cc2)C1=S. The van der Waals surface area contributed by atoms with Crippen LogP contribution in [0.3, 0.4) is 0 Å². The molecule has 0 atom stereocenters. The van der Waals surface area contributed by atoms with Crippen LogP contribution in [0, 0.1) is 0 Å². The van der Waals surface area contributed by atoms with Gasteiger partial charge in [-0.05, 0) is 42.0 Å². The molecule has 0 aliphatic carbocycles. The molecule has 23 heavy (non-hydrogen) atoms. The Labute approximate surface area is 144 Å². The number of benzene rings is 1. The molecule has 1 aliphatic heterocycles. The van der Waals surface area contributed by atoms with E-state index in [0.29, 0.717) is 18.0 Å². The van der Waals surface area contributed by atoms with Gasteiger partial charge in [0.1, 0.15) is 10.7 Å². The van der Waals surface area contributed by atoms with E-state index in [9.17, 15) is 9.59 Å². The first-order valence-corrected chi connectivity index (χ1v) is 8.24. The van der Waals surface area contributed by atoms with Gasteiger partial charge in [-0.15, -0.1) is 0 Å². The number of ether oxygens (including phenoxy) is 2. The molecule has 1 amide bonds. The molecule has 7 heteroatoms. The van der Waals surface area contributed by atoms with E-state index in [2.05, 4.69) is 4.74 Å². The Hall–Kier alpha value is -1.86. The van der Waals surface area contributed by atoms with Crippen LogP contribution in [0.1, 0.15) is 18.4 Å². The fraction of sp³-hybridized carbons (Fsp3) is 0.312. The highest BCUT2D eigenvalue weighted by Gasteiger charge is 2.31. The predicted molar refractivity (Wildman–Crippen MR) is 94.5 cm³/mol. The van der Waals surface area contributed by atoms with E-state index in [4.69, 9.17) is 17.0 Å². The lowest BCUT2D eigenvalue weighted by Gasteiger charge is -2.13. The van der Waals surface area contributed by atoms with Gasteiger partial charge in [0.2, 0.25) is 0 Å². The molecule has 1 saturated heterocycles. The summed E-state index contributed by atoms with van der Waals surface area (Å²) in [6, 6.07) is 7.51. The van der Waals surface area contributed by atoms with Gasteiger partial charge >= 0.3 is 5.97 Å². The summed E-state index contributed by atoms with van der Waals surface area (Å²) >= 11 is 6.48. The third-order valence-corrected chi connectivity index (χ3v) is 4.77. The largest absolute Gasteiger partial charge is 0.497 e. The van der Waals surface area contributed by atoms with Crippen molar-refractivity contribution in [2.45, 2.75) is 12.8 Å². The lowest BCUT2D eigenvalue weighted by Crippen LogP contribution is -2.28. The zero-order valence-corrected chi connectivity index (χ0v) is 14.5. The minimum absolute atomic E-state index is 0.111. The lowest BCUT2D eigenvalue weighted by atomic mass is 10.2. The molecule has 0 spiro atoms. The molecular weight excluding hydrogens is 334 g/mol. The first kappa shape index (κ1) is 17.5. The second-order valence-electron chi connectivity index (χ2n) is 4.79. The highest BCUT2D eigenvalue weighted by atomic mass is 32.2. The molecule has 0 saturated carbocycles. The maximum atomic E-state index is 12.1. The van der Waals surface area contributed by atoms with E-state index in [0.717, 1.165) is 28.0 Å². The van der Waals surface area contributed by atoms with Crippen molar-refractivity contribution in [3.8, 4) is 5.75 Å². The summed E-state index contributed by atoms with van der Waals surface area (Å²) in [5, 5.41) is -0.111. The topological polar surface area (TPSA) is 55.8 Å². The summed E-state index contributed by atoms with van der Waals surface area (Å²) in [7, 11) is 2.96. The fourth-order valence-electron chi connectivity index (χ4n) is 2.03. The minimum atomic E-state index is -0.288. The number of thiocarbonyl (C=S) groups is 1. The van der Waals surface area contributed by atoms with Crippen molar-refractivity contribution in [2.75, 3.05) is 20.8 Å². The highest BCUT2D eigenvalue weighted by molar-refractivity contribution is 8.19. The number of thioether (sulfide) groups is 1. The van der Waals surface area contributed by atoms with E-state index >= 15 is 0 Å². The molecule has 0 bridgehead atoms. The first-order chi connectivity index (χ1) is 11.0. The Balaban J connectivity index is 2.01. The smallest absolute Gasteiger partial charge is 0.305 e. The molecular formula is C16H17NO4S2. The molecule has 1 aliphatic rings. The minimum Gasteiger partial charge on any atom is -0.497 e. The molecule has 1 heterocycles. The zero-order chi connectivity index (χ0) is 16.8. The average molecular weight is 351 g/mol. The number of amides is 1. The van der Waals surface area contributed by atoms with Crippen molar-refractivity contribution in [1.29, 1.82) is 0 Å². The van der Waals surface area contributed by atoms with E-state index < -0.39 is 0 Å². The maximum absolute atomic E-state index is 12.1. The van der Waals surface area contributed by atoms with Crippen LogP contribution in [-0.4, -0.2) is 41.9 Å². The van der Waals surface area contributed by atoms with Gasteiger partial charge in [0.15, 0.2) is 0 Å². The van der Waals surface area contributed by atoms with E-state index in [1.54, 1.807) is 7.11 Å². The molecule has 0 N–H and O–H groups in total. The van der Waals surface area contributed by atoms with Crippen LogP contribution in [0.2, 0.25) is 0 Å². The van der Waals surface area contributed by atoms with Gasteiger partial charge in [-0.25, -0.2) is 0 Å². The number of carbonyl (C=O) groups is 2. The van der Waals surface area contributed by atoms with Gasteiger partial charge in [0.25, 0.3) is 5.24 Å². The number of carbonyl (C=O) groups excluding carboxylic acids is 2. The fourth-order valence-corrected chi connectivity index (χ4v) is 3.32. The molecule has 5 nitrogen and oxygen atoms in total. The molecule has 0 radical (unpaired) electrons. The number of methoxy groups -OCH3 is 2. The Morgan fingerprint density at radius 3 is 2.61 bits per heavy atom. The van der Waals surface area contributed by atoms with E-state index in [1.807, 2.05) is 30.3 Å². The lowest BCUT2D eigenvalue weighted by molar-refractivity contribution is -0.140. The second-order valence-corrected chi connectivity index (χ2v) is 6.17. The second kappa shape index (κ2) is 8.12. The number of hydrogen-bond donors (Lipinski definition) is 0. The summed E-state index contributed by atoms with van der Waals surface area (Å²) < 4.78 is 9.70. The summed E-state index contributed by atoms with van der Waals surface area (Å²) in [5.74, 6) is 0.485. The van der Waals surface area contributed by atoms with Crippen LogP contribution in [0.5, 0.6) is 5.75 Å². The van der Waals surface area contributed by atoms with Crippen LogP contribution in [0.25, 0.3) is 6.08 Å². The van der Waals surface area contributed by atoms with Crippen molar-refractivity contribution < 1.29 is 19.1 Å². The summed E-state index contributed by atoms with van der Waals surface area (Å²) in [5.41, 5.74) is 0.944.